The Balaban J connectivity index is 2.08. The molecule has 4 nitrogen and oxygen atoms in total. The molecule has 0 aliphatic heterocycles. The van der Waals surface area contributed by atoms with E-state index < -0.39 is 0 Å². The highest BCUT2D eigenvalue weighted by Crippen LogP contribution is 2.12. The van der Waals surface area contributed by atoms with Gasteiger partial charge in [0.1, 0.15) is 11.6 Å². The maximum atomic E-state index is 5.11. The third-order valence-corrected chi connectivity index (χ3v) is 2.51. The lowest BCUT2D eigenvalue weighted by atomic mass is 10.1. The van der Waals surface area contributed by atoms with Crippen LogP contribution in [0, 0.1) is 0 Å². The van der Waals surface area contributed by atoms with Crippen LogP contribution in [0.1, 0.15) is 12.5 Å². The van der Waals surface area contributed by atoms with Crippen LogP contribution in [0.2, 0.25) is 0 Å². The van der Waals surface area contributed by atoms with Crippen LogP contribution in [0.3, 0.4) is 0 Å². The average molecular weight is 241 g/mol. The fraction of sp³-hybridized carbons (Fsp3) is 0.143. The van der Waals surface area contributed by atoms with Crippen molar-refractivity contribution < 1.29 is 4.74 Å². The van der Waals surface area contributed by atoms with E-state index in [2.05, 4.69) is 15.5 Å². The summed E-state index contributed by atoms with van der Waals surface area (Å²) in [5.74, 6) is 1.56. The van der Waals surface area contributed by atoms with Crippen LogP contribution < -0.4 is 10.2 Å². The van der Waals surface area contributed by atoms with Crippen molar-refractivity contribution in [2.45, 2.75) is 6.92 Å². The number of aromatic nitrogens is 1. The van der Waals surface area contributed by atoms with Crippen molar-refractivity contribution >= 4 is 11.5 Å². The smallest absolute Gasteiger partial charge is 0.146 e. The van der Waals surface area contributed by atoms with E-state index in [4.69, 9.17) is 4.74 Å². The number of methoxy groups -OCH3 is 1. The van der Waals surface area contributed by atoms with Crippen molar-refractivity contribution in [2.24, 2.45) is 5.10 Å². The Morgan fingerprint density at radius 3 is 2.56 bits per heavy atom. The van der Waals surface area contributed by atoms with Gasteiger partial charge in [0.05, 0.1) is 12.8 Å². The van der Waals surface area contributed by atoms with E-state index in [0.29, 0.717) is 0 Å². The molecule has 0 amide bonds. The third kappa shape index (κ3) is 3.07. The zero-order valence-electron chi connectivity index (χ0n) is 10.4. The molecule has 0 saturated heterocycles. The molecule has 0 aliphatic rings. The predicted octanol–water partition coefficient (Wildman–Crippen LogP) is 2.93. The van der Waals surface area contributed by atoms with Crippen molar-refractivity contribution in [2.75, 3.05) is 12.5 Å². The molecule has 0 radical (unpaired) electrons. The molecular formula is C14H15N3O. The number of nitrogens with one attached hydrogen (secondary N) is 1. The molecule has 2 aromatic rings. The molecule has 18 heavy (non-hydrogen) atoms. The Morgan fingerprint density at radius 2 is 1.94 bits per heavy atom. The highest BCUT2D eigenvalue weighted by atomic mass is 16.5. The minimum Gasteiger partial charge on any atom is -0.497 e. The number of rotatable bonds is 4. The number of hydrogen-bond acceptors (Lipinski definition) is 4. The molecule has 1 heterocycles. The standard InChI is InChI=1S/C14H15N3O/c1-11(12-6-8-13(18-2)9-7-12)16-17-14-5-3-4-10-15-14/h3-10H,1-2H3,(H,15,17)/b16-11+. The van der Waals surface area contributed by atoms with Gasteiger partial charge in [-0.25, -0.2) is 4.98 Å². The summed E-state index contributed by atoms with van der Waals surface area (Å²) in [5, 5.41) is 4.28. The van der Waals surface area contributed by atoms with Crippen molar-refractivity contribution in [3.63, 3.8) is 0 Å². The van der Waals surface area contributed by atoms with E-state index in [1.54, 1.807) is 13.3 Å². The fourth-order valence-electron chi connectivity index (χ4n) is 1.47. The van der Waals surface area contributed by atoms with E-state index in [9.17, 15) is 0 Å². The number of anilines is 1. The summed E-state index contributed by atoms with van der Waals surface area (Å²) in [7, 11) is 1.65. The maximum Gasteiger partial charge on any atom is 0.146 e. The first-order valence-electron chi connectivity index (χ1n) is 5.65. The summed E-state index contributed by atoms with van der Waals surface area (Å²) in [5.41, 5.74) is 4.85. The van der Waals surface area contributed by atoms with E-state index in [1.165, 1.54) is 0 Å². The van der Waals surface area contributed by atoms with Crippen LogP contribution in [0.4, 0.5) is 5.82 Å². The molecule has 0 spiro atoms. The Kier molecular flexibility index (Phi) is 3.91. The van der Waals surface area contributed by atoms with Crippen LogP contribution in [-0.4, -0.2) is 17.8 Å². The van der Waals surface area contributed by atoms with Crippen molar-refractivity contribution in [3.8, 4) is 5.75 Å². The first-order valence-corrected chi connectivity index (χ1v) is 5.65. The summed E-state index contributed by atoms with van der Waals surface area (Å²) in [6.07, 6.45) is 1.72. The van der Waals surface area contributed by atoms with E-state index in [-0.39, 0.29) is 0 Å². The summed E-state index contributed by atoms with van der Waals surface area (Å²) < 4.78 is 5.11. The highest BCUT2D eigenvalue weighted by molar-refractivity contribution is 5.99. The Bertz CT molecular complexity index is 520. The van der Waals surface area contributed by atoms with Gasteiger partial charge in [-0.15, -0.1) is 0 Å². The van der Waals surface area contributed by atoms with Gasteiger partial charge in [-0.1, -0.05) is 6.07 Å². The summed E-state index contributed by atoms with van der Waals surface area (Å²) in [6, 6.07) is 13.4. The summed E-state index contributed by atoms with van der Waals surface area (Å²) >= 11 is 0. The fourth-order valence-corrected chi connectivity index (χ4v) is 1.47. The molecule has 0 atom stereocenters. The molecule has 1 N–H and O–H groups in total. The number of hydrazone groups is 1. The zero-order chi connectivity index (χ0) is 12.8. The second kappa shape index (κ2) is 5.82. The quantitative estimate of drug-likeness (QED) is 0.661. The SMILES string of the molecule is COc1ccc(/C(C)=N/Nc2ccccn2)cc1. The van der Waals surface area contributed by atoms with Crippen LogP contribution in [0.25, 0.3) is 0 Å². The number of benzene rings is 1. The van der Waals surface area contributed by atoms with Gasteiger partial charge in [-0.05, 0) is 48.9 Å². The van der Waals surface area contributed by atoms with Crippen LogP contribution in [0.15, 0.2) is 53.8 Å². The first kappa shape index (κ1) is 12.1. The molecule has 2 rings (SSSR count). The van der Waals surface area contributed by atoms with E-state index >= 15 is 0 Å². The first-order chi connectivity index (χ1) is 8.79. The molecule has 0 fully saturated rings. The normalized spacial score (nSPS) is 11.1. The van der Waals surface area contributed by atoms with Crippen molar-refractivity contribution in [1.82, 2.24) is 4.98 Å². The van der Waals surface area contributed by atoms with Gasteiger partial charge in [0.25, 0.3) is 0 Å². The zero-order valence-corrected chi connectivity index (χ0v) is 10.4. The van der Waals surface area contributed by atoms with Crippen LogP contribution >= 0.6 is 0 Å². The third-order valence-electron chi connectivity index (χ3n) is 2.51. The number of pyridine rings is 1. The lowest BCUT2D eigenvalue weighted by Gasteiger charge is -2.04. The minimum absolute atomic E-state index is 0.727. The topological polar surface area (TPSA) is 46.5 Å². The van der Waals surface area contributed by atoms with Gasteiger partial charge < -0.3 is 4.74 Å². The molecular weight excluding hydrogens is 226 g/mol. The highest BCUT2D eigenvalue weighted by Gasteiger charge is 1.98. The van der Waals surface area contributed by atoms with Gasteiger partial charge in [0.15, 0.2) is 0 Å². The molecule has 0 saturated carbocycles. The second-order valence-electron chi connectivity index (χ2n) is 3.75. The Hall–Kier alpha value is -2.36. The van der Waals surface area contributed by atoms with Gasteiger partial charge in [0.2, 0.25) is 0 Å². The molecule has 92 valence electrons. The Labute approximate surface area is 106 Å². The van der Waals surface area contributed by atoms with Gasteiger partial charge in [-0.2, -0.15) is 5.10 Å². The van der Waals surface area contributed by atoms with Crippen LogP contribution in [-0.2, 0) is 0 Å². The molecule has 0 aliphatic carbocycles. The lowest BCUT2D eigenvalue weighted by molar-refractivity contribution is 0.415. The lowest BCUT2D eigenvalue weighted by Crippen LogP contribution is -2.00. The second-order valence-corrected chi connectivity index (χ2v) is 3.75. The van der Waals surface area contributed by atoms with Crippen molar-refractivity contribution in [3.05, 3.63) is 54.2 Å². The summed E-state index contributed by atoms with van der Waals surface area (Å²) in [6.45, 7) is 1.94. The number of ether oxygens (including phenoxy) is 1. The Morgan fingerprint density at radius 1 is 1.17 bits per heavy atom. The molecule has 1 aromatic heterocycles. The van der Waals surface area contributed by atoms with Crippen molar-refractivity contribution in [1.29, 1.82) is 0 Å². The number of nitrogens with zero attached hydrogens (tertiary/aromatic N) is 2. The molecule has 4 heteroatoms. The van der Waals surface area contributed by atoms with Gasteiger partial charge in [0, 0.05) is 6.20 Å². The monoisotopic (exact) mass is 241 g/mol. The number of hydrogen-bond donors (Lipinski definition) is 1. The maximum absolute atomic E-state index is 5.11. The van der Waals surface area contributed by atoms with E-state index in [1.807, 2.05) is 49.4 Å². The molecule has 0 unspecified atom stereocenters. The van der Waals surface area contributed by atoms with Crippen LogP contribution in [0.5, 0.6) is 5.75 Å². The molecule has 0 bridgehead atoms. The minimum atomic E-state index is 0.727. The van der Waals surface area contributed by atoms with E-state index in [0.717, 1.165) is 22.8 Å². The average Bonchev–Trinajstić information content (AvgIpc) is 2.46. The largest absolute Gasteiger partial charge is 0.497 e. The predicted molar refractivity (Wildman–Crippen MR) is 73.1 cm³/mol. The van der Waals surface area contributed by atoms with Gasteiger partial charge >= 0.3 is 0 Å². The molecule has 1 aromatic carbocycles. The summed E-state index contributed by atoms with van der Waals surface area (Å²) in [4.78, 5) is 4.13. The van der Waals surface area contributed by atoms with Gasteiger partial charge in [-0.3, -0.25) is 5.43 Å².